The van der Waals surface area contributed by atoms with Gasteiger partial charge in [-0.2, -0.15) is 0 Å². The van der Waals surface area contributed by atoms with E-state index in [9.17, 15) is 24.2 Å². The molecule has 0 bridgehead atoms. The number of phosphoric acid groups is 1. The van der Waals surface area contributed by atoms with Gasteiger partial charge >= 0.3 is 19.8 Å². The summed E-state index contributed by atoms with van der Waals surface area (Å²) in [4.78, 5) is 35.3. The van der Waals surface area contributed by atoms with Crippen LogP contribution < -0.4 is 0 Å². The van der Waals surface area contributed by atoms with E-state index >= 15 is 0 Å². The second kappa shape index (κ2) is 53.8. The third-order valence-corrected chi connectivity index (χ3v) is 14.5. The van der Waals surface area contributed by atoms with Crippen LogP contribution in [0.4, 0.5) is 0 Å². The topological polar surface area (TPSA) is 149 Å². The minimum atomic E-state index is -4.62. The summed E-state index contributed by atoms with van der Waals surface area (Å²) in [6.45, 7) is 2.48. The van der Waals surface area contributed by atoms with Crippen LogP contribution in [0.5, 0.6) is 0 Å². The maximum Gasteiger partial charge on any atom is 0.472 e. The molecule has 0 aliphatic rings. The molecule has 0 aromatic heterocycles. The highest BCUT2D eigenvalue weighted by atomic mass is 31.2. The van der Waals surface area contributed by atoms with Crippen LogP contribution in [-0.4, -0.2) is 65.7 Å². The van der Waals surface area contributed by atoms with Crippen molar-refractivity contribution in [1.29, 1.82) is 0 Å². The van der Waals surface area contributed by atoms with Gasteiger partial charge in [0.15, 0.2) is 6.10 Å². The number of hydrogen-bond donors (Lipinski definition) is 3. The van der Waals surface area contributed by atoms with E-state index in [4.69, 9.17) is 23.6 Å². The SMILES string of the molecule is CCCCCCCCCCCCCCCCCCCCCCCCCC(=O)O[C@H](COC(=O)CCCCCCCCCCCCCCCCCCCCCCCC)COP(=O)(O)OC[C@@H](O)CO. The number of phosphoric ester groups is 1. The molecule has 11 heteroatoms. The van der Waals surface area contributed by atoms with Gasteiger partial charge in [0, 0.05) is 12.8 Å². The lowest BCUT2D eigenvalue weighted by molar-refractivity contribution is -0.161. The Morgan fingerprint density at radius 1 is 0.382 bits per heavy atom. The first-order valence-electron chi connectivity index (χ1n) is 29.5. The van der Waals surface area contributed by atoms with Crippen LogP contribution in [0.1, 0.15) is 316 Å². The molecule has 3 N–H and O–H groups in total. The second-order valence-electron chi connectivity index (χ2n) is 20.4. The first-order valence-corrected chi connectivity index (χ1v) is 31.0. The predicted molar refractivity (Wildman–Crippen MR) is 284 cm³/mol. The molecule has 68 heavy (non-hydrogen) atoms. The molecule has 0 aromatic carbocycles. The Kier molecular flexibility index (Phi) is 52.9. The van der Waals surface area contributed by atoms with Crippen LogP contribution in [0.2, 0.25) is 0 Å². The molecule has 0 fully saturated rings. The lowest BCUT2D eigenvalue weighted by atomic mass is 10.0. The van der Waals surface area contributed by atoms with E-state index in [1.807, 2.05) is 0 Å². The summed E-state index contributed by atoms with van der Waals surface area (Å²) in [5.41, 5.74) is 0. The van der Waals surface area contributed by atoms with Crippen LogP contribution in [0.25, 0.3) is 0 Å². The van der Waals surface area contributed by atoms with E-state index in [0.29, 0.717) is 12.8 Å². The molecular formula is C57H113O10P. The fourth-order valence-electron chi connectivity index (χ4n) is 9.00. The summed E-state index contributed by atoms with van der Waals surface area (Å²) in [6, 6.07) is 0. The van der Waals surface area contributed by atoms with Gasteiger partial charge in [-0.3, -0.25) is 18.6 Å². The molecule has 0 aromatic rings. The number of rotatable bonds is 57. The highest BCUT2D eigenvalue weighted by molar-refractivity contribution is 7.47. The zero-order valence-corrected chi connectivity index (χ0v) is 45.8. The third kappa shape index (κ3) is 52.8. The molecule has 0 amide bonds. The van der Waals surface area contributed by atoms with Gasteiger partial charge in [-0.1, -0.05) is 290 Å². The van der Waals surface area contributed by atoms with E-state index in [-0.39, 0.29) is 19.4 Å². The highest BCUT2D eigenvalue weighted by Crippen LogP contribution is 2.43. The zero-order valence-electron chi connectivity index (χ0n) is 44.9. The van der Waals surface area contributed by atoms with Crippen molar-refractivity contribution in [3.63, 3.8) is 0 Å². The van der Waals surface area contributed by atoms with Gasteiger partial charge in [0.2, 0.25) is 0 Å². The molecule has 0 rings (SSSR count). The fraction of sp³-hybridized carbons (Fsp3) is 0.965. The van der Waals surface area contributed by atoms with Crippen molar-refractivity contribution in [2.24, 2.45) is 0 Å². The van der Waals surface area contributed by atoms with Gasteiger partial charge in [-0.25, -0.2) is 4.57 Å². The zero-order chi connectivity index (χ0) is 49.7. The van der Waals surface area contributed by atoms with E-state index in [1.165, 1.54) is 244 Å². The Balaban J connectivity index is 4.03. The first kappa shape index (κ1) is 67.0. The van der Waals surface area contributed by atoms with E-state index in [2.05, 4.69) is 13.8 Å². The third-order valence-electron chi connectivity index (χ3n) is 13.5. The van der Waals surface area contributed by atoms with Gasteiger partial charge in [-0.05, 0) is 12.8 Å². The van der Waals surface area contributed by atoms with Crippen LogP contribution in [-0.2, 0) is 32.7 Å². The molecule has 0 saturated heterocycles. The Labute approximate surface area is 420 Å². The minimum absolute atomic E-state index is 0.194. The lowest BCUT2D eigenvalue weighted by Crippen LogP contribution is -2.29. The van der Waals surface area contributed by atoms with Gasteiger partial charge in [0.05, 0.1) is 19.8 Å². The molecule has 3 atom stereocenters. The summed E-state index contributed by atoms with van der Waals surface area (Å²) in [5.74, 6) is -0.898. The van der Waals surface area contributed by atoms with Crippen LogP contribution in [0.3, 0.4) is 0 Å². The second-order valence-corrected chi connectivity index (χ2v) is 21.8. The van der Waals surface area contributed by atoms with Gasteiger partial charge < -0.3 is 24.6 Å². The molecule has 0 aliphatic heterocycles. The number of ether oxygens (including phenoxy) is 2. The number of unbranched alkanes of at least 4 members (excludes halogenated alkanes) is 43. The number of carbonyl (C=O) groups is 2. The molecule has 406 valence electrons. The molecule has 1 unspecified atom stereocenters. The quantitative estimate of drug-likeness (QED) is 0.0305. The van der Waals surface area contributed by atoms with Crippen molar-refractivity contribution in [2.45, 2.75) is 328 Å². The average molecular weight is 989 g/mol. The lowest BCUT2D eigenvalue weighted by Gasteiger charge is -2.20. The summed E-state index contributed by atoms with van der Waals surface area (Å²) >= 11 is 0. The molecule has 10 nitrogen and oxygen atoms in total. The standard InChI is InChI=1S/C57H113O10P/c1-3-5-7-9-11-13-15-17-19-21-23-25-27-29-31-33-35-37-39-41-43-45-47-49-57(61)67-55(53-66-68(62,63)65-51-54(59)50-58)52-64-56(60)48-46-44-42-40-38-36-34-32-30-28-26-24-22-20-18-16-14-12-10-8-6-4-2/h54-55,58-59H,3-53H2,1-2H3,(H,62,63)/t54-,55+/m0/s1. The van der Waals surface area contributed by atoms with Crippen molar-refractivity contribution < 1.29 is 47.8 Å². The van der Waals surface area contributed by atoms with Crippen LogP contribution >= 0.6 is 7.82 Å². The van der Waals surface area contributed by atoms with Crippen LogP contribution in [0.15, 0.2) is 0 Å². The van der Waals surface area contributed by atoms with E-state index in [0.717, 1.165) is 32.1 Å². The highest BCUT2D eigenvalue weighted by Gasteiger charge is 2.27. The van der Waals surface area contributed by atoms with Crippen molar-refractivity contribution in [3.05, 3.63) is 0 Å². The largest absolute Gasteiger partial charge is 0.472 e. The molecule has 0 radical (unpaired) electrons. The normalized spacial score (nSPS) is 13.4. The van der Waals surface area contributed by atoms with E-state index in [1.54, 1.807) is 0 Å². The molecule has 0 spiro atoms. The first-order chi connectivity index (χ1) is 33.2. The number of carbonyl (C=O) groups excluding carboxylic acids is 2. The average Bonchev–Trinajstić information content (AvgIpc) is 3.33. The Bertz CT molecular complexity index is 1090. The predicted octanol–water partition coefficient (Wildman–Crippen LogP) is 17.3. The minimum Gasteiger partial charge on any atom is -0.462 e. The number of esters is 2. The van der Waals surface area contributed by atoms with Crippen molar-refractivity contribution >= 4 is 19.8 Å². The van der Waals surface area contributed by atoms with Gasteiger partial charge in [-0.15, -0.1) is 0 Å². The molecular weight excluding hydrogens is 876 g/mol. The smallest absolute Gasteiger partial charge is 0.462 e. The van der Waals surface area contributed by atoms with Gasteiger partial charge in [0.25, 0.3) is 0 Å². The monoisotopic (exact) mass is 989 g/mol. The Morgan fingerprint density at radius 2 is 0.632 bits per heavy atom. The van der Waals surface area contributed by atoms with Crippen molar-refractivity contribution in [3.8, 4) is 0 Å². The molecule has 0 aliphatic carbocycles. The van der Waals surface area contributed by atoms with Crippen LogP contribution in [0, 0.1) is 0 Å². The van der Waals surface area contributed by atoms with Crippen molar-refractivity contribution in [1.82, 2.24) is 0 Å². The summed E-state index contributed by atoms with van der Waals surface area (Å²) < 4.78 is 33.0. The Hall–Kier alpha value is -1.03. The summed E-state index contributed by atoms with van der Waals surface area (Å²) in [6.07, 6.45) is 56.6. The molecule has 0 saturated carbocycles. The van der Waals surface area contributed by atoms with E-state index < -0.39 is 51.8 Å². The number of hydrogen-bond acceptors (Lipinski definition) is 9. The van der Waals surface area contributed by atoms with Crippen molar-refractivity contribution in [2.75, 3.05) is 26.4 Å². The maximum absolute atomic E-state index is 12.7. The summed E-state index contributed by atoms with van der Waals surface area (Å²) in [7, 11) is -4.62. The molecule has 0 heterocycles. The van der Waals surface area contributed by atoms with Gasteiger partial charge in [0.1, 0.15) is 12.7 Å². The fourth-order valence-corrected chi connectivity index (χ4v) is 9.79. The number of aliphatic hydroxyl groups is 2. The Morgan fingerprint density at radius 3 is 0.912 bits per heavy atom. The number of aliphatic hydroxyl groups excluding tert-OH is 2. The maximum atomic E-state index is 12.7. The summed E-state index contributed by atoms with van der Waals surface area (Å²) in [5, 5.41) is 18.5.